The van der Waals surface area contributed by atoms with E-state index in [2.05, 4.69) is 10.4 Å². The quantitative estimate of drug-likeness (QED) is 0.413. The molecule has 2 unspecified atom stereocenters. The Hall–Kier alpha value is -2.12. The van der Waals surface area contributed by atoms with Gasteiger partial charge in [-0.15, -0.1) is 0 Å². The molecule has 0 bridgehead atoms. The van der Waals surface area contributed by atoms with Crippen molar-refractivity contribution in [2.45, 2.75) is 31.8 Å². The van der Waals surface area contributed by atoms with Crippen LogP contribution in [0.5, 0.6) is 0 Å². The first-order valence-electron chi connectivity index (χ1n) is 8.31. The van der Waals surface area contributed by atoms with Crippen LogP contribution in [0.4, 0.5) is 20.2 Å². The van der Waals surface area contributed by atoms with Gasteiger partial charge in [0, 0.05) is 3.57 Å². The average Bonchev–Trinajstić information content (AvgIpc) is 2.66. The van der Waals surface area contributed by atoms with Crippen LogP contribution < -0.4 is 16.0 Å². The van der Waals surface area contributed by atoms with E-state index in [4.69, 9.17) is 5.11 Å². The number of hydrogen-bond donors (Lipinski definition) is 3. The van der Waals surface area contributed by atoms with Crippen molar-refractivity contribution in [3.05, 3.63) is 50.0 Å². The zero-order valence-electron chi connectivity index (χ0n) is 14.6. The average molecular weight is 506 g/mol. The predicted molar refractivity (Wildman–Crippen MR) is 105 cm³/mol. The van der Waals surface area contributed by atoms with Gasteiger partial charge in [0.05, 0.1) is 42.9 Å². The fourth-order valence-corrected chi connectivity index (χ4v) is 3.31. The molecule has 3 rings (SSSR count). The van der Waals surface area contributed by atoms with Gasteiger partial charge in [-0.25, -0.2) is 18.8 Å². The molecule has 1 aliphatic rings. The second-order valence-corrected chi connectivity index (χ2v) is 7.58. The van der Waals surface area contributed by atoms with Crippen LogP contribution in [0.1, 0.15) is 18.5 Å². The van der Waals surface area contributed by atoms with Gasteiger partial charge in [-0.05, 0) is 47.7 Å². The fourth-order valence-electron chi connectivity index (χ4n) is 2.85. The third-order valence-corrected chi connectivity index (χ3v) is 5.04. The lowest BCUT2D eigenvalue weighted by Crippen LogP contribution is -2.51. The summed E-state index contributed by atoms with van der Waals surface area (Å²) in [4.78, 5) is 29.2. The predicted octanol–water partition coefficient (Wildman–Crippen LogP) is 1.16. The highest BCUT2D eigenvalue weighted by molar-refractivity contribution is 14.1. The van der Waals surface area contributed by atoms with Crippen molar-refractivity contribution in [2.75, 3.05) is 17.0 Å². The van der Waals surface area contributed by atoms with Gasteiger partial charge in [0.2, 0.25) is 6.30 Å². The highest BCUT2D eigenvalue weighted by atomic mass is 127. The van der Waals surface area contributed by atoms with Crippen LogP contribution in [0.2, 0.25) is 0 Å². The summed E-state index contributed by atoms with van der Waals surface area (Å²) >= 11 is 1.91. The molecule has 1 aromatic heterocycles. The van der Waals surface area contributed by atoms with Crippen molar-refractivity contribution in [3.8, 4) is 0 Å². The number of ketones is 1. The van der Waals surface area contributed by atoms with E-state index in [0.717, 1.165) is 10.9 Å². The Morgan fingerprint density at radius 1 is 1.39 bits per heavy atom. The number of carbonyl (C=O) groups is 1. The SMILES string of the molecule is CC1C(=O)[C@@H](F)N(Nc2ccc(I)cc2F)c2c1ncn(CC(O)CO)c2=O. The number of Topliss-reactive ketones (excluding diaryl/α,β-unsaturated/α-hetero) is 1. The zero-order chi connectivity index (χ0) is 20.6. The van der Waals surface area contributed by atoms with Crippen LogP contribution in [0.15, 0.2) is 29.3 Å². The van der Waals surface area contributed by atoms with Crippen LogP contribution in [0.3, 0.4) is 0 Å². The number of nitrogens with one attached hydrogen (secondary N) is 1. The molecule has 3 atom stereocenters. The molecule has 0 amide bonds. The summed E-state index contributed by atoms with van der Waals surface area (Å²) in [6, 6.07) is 4.15. The number of fused-ring (bicyclic) bond motifs is 1. The number of anilines is 2. The monoisotopic (exact) mass is 506 g/mol. The number of hydrazine groups is 1. The molecule has 2 aromatic rings. The number of halogens is 3. The minimum atomic E-state index is -2.24. The summed E-state index contributed by atoms with van der Waals surface area (Å²) in [6.07, 6.45) is -2.35. The molecule has 0 saturated heterocycles. The standard InChI is InChI=1S/C17H17F2IN4O4/c1-8-13-14(17(28)23(7-21-13)5-10(26)6-25)24(16(19)15(8)27)22-12-3-2-9(20)4-11(12)18/h2-4,7-8,10,16,22,25-26H,5-6H2,1H3/t8?,10?,16-/m0/s1. The summed E-state index contributed by atoms with van der Waals surface area (Å²) in [5, 5.41) is 19.2. The van der Waals surface area contributed by atoms with E-state index >= 15 is 0 Å². The molecule has 0 aliphatic carbocycles. The molecule has 2 heterocycles. The van der Waals surface area contributed by atoms with Crippen molar-refractivity contribution in [3.63, 3.8) is 0 Å². The van der Waals surface area contributed by atoms with E-state index in [1.54, 1.807) is 6.07 Å². The number of carbonyl (C=O) groups excluding carboxylic acids is 1. The molecule has 0 radical (unpaired) electrons. The van der Waals surface area contributed by atoms with E-state index in [1.165, 1.54) is 19.1 Å². The van der Waals surface area contributed by atoms with Crippen LogP contribution in [-0.2, 0) is 11.3 Å². The first kappa shape index (κ1) is 20.6. The number of aromatic nitrogens is 2. The van der Waals surface area contributed by atoms with E-state index in [1.807, 2.05) is 22.6 Å². The van der Waals surface area contributed by atoms with Crippen molar-refractivity contribution in [2.24, 2.45) is 0 Å². The second-order valence-electron chi connectivity index (χ2n) is 6.34. The molecule has 8 nitrogen and oxygen atoms in total. The lowest BCUT2D eigenvalue weighted by Gasteiger charge is -2.35. The van der Waals surface area contributed by atoms with E-state index < -0.39 is 42.1 Å². The van der Waals surface area contributed by atoms with E-state index in [0.29, 0.717) is 8.58 Å². The highest BCUT2D eigenvalue weighted by Gasteiger charge is 2.42. The lowest BCUT2D eigenvalue weighted by molar-refractivity contribution is -0.125. The van der Waals surface area contributed by atoms with Gasteiger partial charge in [0.25, 0.3) is 5.56 Å². The van der Waals surface area contributed by atoms with Gasteiger partial charge in [-0.1, -0.05) is 0 Å². The summed E-state index contributed by atoms with van der Waals surface area (Å²) < 4.78 is 30.7. The lowest BCUT2D eigenvalue weighted by atomic mass is 9.95. The molecular formula is C17H17F2IN4O4. The smallest absolute Gasteiger partial charge is 0.279 e. The van der Waals surface area contributed by atoms with E-state index in [-0.39, 0.29) is 23.6 Å². The summed E-state index contributed by atoms with van der Waals surface area (Å²) in [5.41, 5.74) is 1.38. The number of rotatable bonds is 5. The molecule has 3 N–H and O–H groups in total. The van der Waals surface area contributed by atoms with Gasteiger partial charge in [0.15, 0.2) is 5.78 Å². The first-order valence-corrected chi connectivity index (χ1v) is 9.39. The summed E-state index contributed by atoms with van der Waals surface area (Å²) in [6.45, 7) is 0.566. The third-order valence-electron chi connectivity index (χ3n) is 4.37. The van der Waals surface area contributed by atoms with Gasteiger partial charge >= 0.3 is 0 Å². The van der Waals surface area contributed by atoms with Crippen molar-refractivity contribution < 1.29 is 23.8 Å². The van der Waals surface area contributed by atoms with Gasteiger partial charge < -0.3 is 10.2 Å². The van der Waals surface area contributed by atoms with Crippen LogP contribution in [-0.4, -0.2) is 44.6 Å². The third kappa shape index (κ3) is 3.73. The molecule has 150 valence electrons. The molecule has 0 saturated carbocycles. The molecular weight excluding hydrogens is 489 g/mol. The van der Waals surface area contributed by atoms with Crippen LogP contribution in [0.25, 0.3) is 0 Å². The van der Waals surface area contributed by atoms with Crippen molar-refractivity contribution in [1.29, 1.82) is 0 Å². The van der Waals surface area contributed by atoms with Crippen LogP contribution in [0, 0.1) is 9.39 Å². The Labute approximate surface area is 171 Å². The zero-order valence-corrected chi connectivity index (χ0v) is 16.8. The normalized spacial score (nSPS) is 20.1. The van der Waals surface area contributed by atoms with Gasteiger partial charge in [-0.2, -0.15) is 0 Å². The fraction of sp³-hybridized carbons (Fsp3) is 0.353. The Morgan fingerprint density at radius 3 is 2.75 bits per heavy atom. The van der Waals surface area contributed by atoms with Crippen molar-refractivity contribution in [1.82, 2.24) is 9.55 Å². The van der Waals surface area contributed by atoms with Crippen molar-refractivity contribution >= 4 is 39.7 Å². The number of benzene rings is 1. The Bertz CT molecular complexity index is 971. The highest BCUT2D eigenvalue weighted by Crippen LogP contribution is 2.33. The number of aliphatic hydroxyl groups excluding tert-OH is 2. The number of aliphatic hydroxyl groups is 2. The maximum atomic E-state index is 14.8. The molecule has 1 aliphatic heterocycles. The van der Waals surface area contributed by atoms with Crippen LogP contribution >= 0.6 is 22.6 Å². The number of alkyl halides is 1. The Balaban J connectivity index is 2.10. The topological polar surface area (TPSA) is 108 Å². The summed E-state index contributed by atoms with van der Waals surface area (Å²) in [5.74, 6) is -2.49. The molecule has 11 heteroatoms. The molecule has 28 heavy (non-hydrogen) atoms. The largest absolute Gasteiger partial charge is 0.394 e. The number of nitrogens with zero attached hydrogens (tertiary/aromatic N) is 3. The molecule has 1 aromatic carbocycles. The second kappa shape index (κ2) is 8.09. The molecule has 0 spiro atoms. The maximum absolute atomic E-state index is 14.8. The maximum Gasteiger partial charge on any atom is 0.279 e. The number of hydrogen-bond acceptors (Lipinski definition) is 7. The van der Waals surface area contributed by atoms with Gasteiger partial charge in [0.1, 0.15) is 11.5 Å². The van der Waals surface area contributed by atoms with Gasteiger partial charge in [-0.3, -0.25) is 19.6 Å². The minimum absolute atomic E-state index is 0.0389. The summed E-state index contributed by atoms with van der Waals surface area (Å²) in [7, 11) is 0. The molecule has 0 fully saturated rings. The Morgan fingerprint density at radius 2 is 2.11 bits per heavy atom. The Kier molecular flexibility index (Phi) is 5.95. The first-order chi connectivity index (χ1) is 13.2. The van der Waals surface area contributed by atoms with E-state index in [9.17, 15) is 23.5 Å². The minimum Gasteiger partial charge on any atom is -0.394 e.